The third-order valence-electron chi connectivity index (χ3n) is 2.99. The highest BCUT2D eigenvalue weighted by atomic mass is 79.9. The fourth-order valence-corrected chi connectivity index (χ4v) is 2.54. The van der Waals surface area contributed by atoms with Crippen molar-refractivity contribution in [3.63, 3.8) is 0 Å². The number of hydrogen-bond acceptors (Lipinski definition) is 5. The molecule has 2 aromatic rings. The third kappa shape index (κ3) is 6.21. The van der Waals surface area contributed by atoms with Crippen LogP contribution in [0.25, 0.3) is 0 Å². The normalized spacial score (nSPS) is 11.0. The van der Waals surface area contributed by atoms with Gasteiger partial charge in [-0.1, -0.05) is 22.0 Å². The van der Waals surface area contributed by atoms with E-state index in [4.69, 9.17) is 0 Å². The van der Waals surface area contributed by atoms with E-state index in [1.54, 1.807) is 6.07 Å². The summed E-state index contributed by atoms with van der Waals surface area (Å²) in [7, 11) is -3.74. The van der Waals surface area contributed by atoms with Crippen molar-refractivity contribution in [3.8, 4) is 0 Å². The number of rotatable bonds is 6. The number of halogens is 2. The summed E-state index contributed by atoms with van der Waals surface area (Å²) < 4.78 is 40.4. The molecule has 0 spiro atoms. The van der Waals surface area contributed by atoms with Crippen molar-refractivity contribution < 1.29 is 26.6 Å². The average Bonchev–Trinajstić information content (AvgIpc) is 2.55. The van der Waals surface area contributed by atoms with Crippen molar-refractivity contribution >= 4 is 49.2 Å². The average molecular weight is 445 g/mol. The first-order valence-corrected chi connectivity index (χ1v) is 9.76. The maximum atomic E-state index is 13.8. The van der Waals surface area contributed by atoms with Gasteiger partial charge in [-0.3, -0.25) is 13.8 Å². The van der Waals surface area contributed by atoms with Gasteiger partial charge in [0.2, 0.25) is 0 Å². The van der Waals surface area contributed by atoms with Crippen molar-refractivity contribution in [1.82, 2.24) is 0 Å². The van der Waals surface area contributed by atoms with Crippen molar-refractivity contribution in [2.24, 2.45) is 0 Å². The van der Waals surface area contributed by atoms with Crippen LogP contribution in [0.3, 0.4) is 0 Å². The largest absolute Gasteiger partial charge is 0.324 e. The Morgan fingerprint density at radius 1 is 1.15 bits per heavy atom. The Balaban J connectivity index is 2.05. The van der Waals surface area contributed by atoms with Crippen LogP contribution in [0.2, 0.25) is 0 Å². The van der Waals surface area contributed by atoms with Crippen LogP contribution in [0.4, 0.5) is 15.8 Å². The van der Waals surface area contributed by atoms with E-state index in [9.17, 15) is 22.4 Å². The first-order chi connectivity index (χ1) is 12.1. The van der Waals surface area contributed by atoms with Crippen molar-refractivity contribution in [2.45, 2.75) is 0 Å². The molecule has 10 heteroatoms. The second-order valence-electron chi connectivity index (χ2n) is 5.17. The second-order valence-corrected chi connectivity index (χ2v) is 7.73. The molecule has 0 unspecified atom stereocenters. The molecule has 7 nitrogen and oxygen atoms in total. The molecule has 0 aromatic heterocycles. The molecule has 138 valence electrons. The molecular formula is C16H14BrFN2O5S. The van der Waals surface area contributed by atoms with Crippen molar-refractivity contribution in [2.75, 3.05) is 23.5 Å². The van der Waals surface area contributed by atoms with Gasteiger partial charge in [0.05, 0.1) is 11.9 Å². The molecule has 0 aliphatic heterocycles. The lowest BCUT2D eigenvalue weighted by molar-refractivity contribution is -0.118. The minimum atomic E-state index is -3.74. The summed E-state index contributed by atoms with van der Waals surface area (Å²) in [5.74, 6) is -1.88. The fourth-order valence-electron chi connectivity index (χ4n) is 1.88. The molecule has 0 atom stereocenters. The Labute approximate surface area is 157 Å². The van der Waals surface area contributed by atoms with Crippen molar-refractivity contribution in [3.05, 3.63) is 58.3 Å². The Hall–Kier alpha value is -2.30. The quantitative estimate of drug-likeness (QED) is 0.666. The summed E-state index contributed by atoms with van der Waals surface area (Å²) in [5, 5.41) is 4.83. The van der Waals surface area contributed by atoms with Crippen LogP contribution in [0.5, 0.6) is 0 Å². The van der Waals surface area contributed by atoms with Gasteiger partial charge in [-0.15, -0.1) is 0 Å². The molecule has 0 aliphatic rings. The Morgan fingerprint density at radius 3 is 2.54 bits per heavy atom. The second kappa shape index (κ2) is 8.39. The highest BCUT2D eigenvalue weighted by Crippen LogP contribution is 2.20. The number of anilines is 2. The van der Waals surface area contributed by atoms with E-state index in [1.807, 2.05) is 0 Å². The predicted molar refractivity (Wildman–Crippen MR) is 97.9 cm³/mol. The van der Waals surface area contributed by atoms with Crippen LogP contribution in [0.1, 0.15) is 10.4 Å². The van der Waals surface area contributed by atoms with E-state index in [0.29, 0.717) is 4.47 Å². The van der Waals surface area contributed by atoms with Gasteiger partial charge in [0.1, 0.15) is 12.4 Å². The molecule has 2 N–H and O–H groups in total. The van der Waals surface area contributed by atoms with Crippen LogP contribution in [-0.4, -0.2) is 33.1 Å². The Morgan fingerprint density at radius 2 is 1.88 bits per heavy atom. The number of carbonyl (C=O) groups is 2. The van der Waals surface area contributed by atoms with Gasteiger partial charge in [-0.2, -0.15) is 8.42 Å². The third-order valence-corrected chi connectivity index (χ3v) is 4.03. The number of hydrogen-bond donors (Lipinski definition) is 2. The van der Waals surface area contributed by atoms with Crippen LogP contribution in [-0.2, 0) is 19.1 Å². The summed E-state index contributed by atoms with van der Waals surface area (Å²) in [6.45, 7) is -0.681. The molecule has 0 saturated heterocycles. The molecule has 0 bridgehead atoms. The molecule has 26 heavy (non-hydrogen) atoms. The molecule has 0 fully saturated rings. The van der Waals surface area contributed by atoms with Gasteiger partial charge >= 0.3 is 0 Å². The molecule has 2 amide bonds. The SMILES string of the molecule is CS(=O)(=O)OCC(=O)Nc1cccc(C(=O)Nc2ccc(Br)cc2F)c1. The van der Waals surface area contributed by atoms with E-state index >= 15 is 0 Å². The van der Waals surface area contributed by atoms with Gasteiger partial charge in [0.15, 0.2) is 0 Å². The summed E-state index contributed by atoms with van der Waals surface area (Å²) in [6.07, 6.45) is 0.826. The molecular weight excluding hydrogens is 431 g/mol. The first kappa shape index (κ1) is 20.0. The lowest BCUT2D eigenvalue weighted by Crippen LogP contribution is -2.21. The molecule has 0 radical (unpaired) electrons. The highest BCUT2D eigenvalue weighted by molar-refractivity contribution is 9.10. The van der Waals surface area contributed by atoms with Gasteiger partial charge in [0, 0.05) is 15.7 Å². The van der Waals surface area contributed by atoms with E-state index in [0.717, 1.165) is 6.26 Å². The molecule has 2 rings (SSSR count). The summed E-state index contributed by atoms with van der Waals surface area (Å²) in [5.41, 5.74) is 0.444. The van der Waals surface area contributed by atoms with E-state index in [-0.39, 0.29) is 16.9 Å². The molecule has 2 aromatic carbocycles. The van der Waals surface area contributed by atoms with E-state index in [1.165, 1.54) is 36.4 Å². The molecule has 0 aliphatic carbocycles. The lowest BCUT2D eigenvalue weighted by atomic mass is 10.1. The maximum Gasteiger partial charge on any atom is 0.264 e. The van der Waals surface area contributed by atoms with Gasteiger partial charge < -0.3 is 10.6 Å². The van der Waals surface area contributed by atoms with E-state index in [2.05, 4.69) is 30.7 Å². The number of nitrogens with one attached hydrogen (secondary N) is 2. The van der Waals surface area contributed by atoms with Crippen molar-refractivity contribution in [1.29, 1.82) is 0 Å². The number of benzene rings is 2. The van der Waals surface area contributed by atoms with Crippen LogP contribution < -0.4 is 10.6 Å². The number of carbonyl (C=O) groups excluding carboxylic acids is 2. The minimum absolute atomic E-state index is 0.00851. The zero-order valence-corrected chi connectivity index (χ0v) is 15.9. The monoisotopic (exact) mass is 444 g/mol. The van der Waals surface area contributed by atoms with Gasteiger partial charge in [-0.05, 0) is 36.4 Å². The van der Waals surface area contributed by atoms with Gasteiger partial charge in [0.25, 0.3) is 21.9 Å². The Kier molecular flexibility index (Phi) is 6.46. The standard InChI is InChI=1S/C16H14BrFN2O5S/c1-26(23,24)25-9-15(21)19-12-4-2-3-10(7-12)16(22)20-14-6-5-11(17)8-13(14)18/h2-8H,9H2,1H3,(H,19,21)(H,20,22). The summed E-state index contributed by atoms with van der Waals surface area (Å²) in [6, 6.07) is 10.1. The summed E-state index contributed by atoms with van der Waals surface area (Å²) >= 11 is 3.12. The Bertz CT molecular complexity index is 949. The van der Waals surface area contributed by atoms with Gasteiger partial charge in [-0.25, -0.2) is 4.39 Å². The van der Waals surface area contributed by atoms with Crippen LogP contribution >= 0.6 is 15.9 Å². The van der Waals surface area contributed by atoms with E-state index < -0.39 is 34.4 Å². The fraction of sp³-hybridized carbons (Fsp3) is 0.125. The predicted octanol–water partition coefficient (Wildman–Crippen LogP) is 2.76. The smallest absolute Gasteiger partial charge is 0.264 e. The summed E-state index contributed by atoms with van der Waals surface area (Å²) in [4.78, 5) is 23.9. The first-order valence-electron chi connectivity index (χ1n) is 7.15. The minimum Gasteiger partial charge on any atom is -0.324 e. The topological polar surface area (TPSA) is 102 Å². The zero-order chi connectivity index (χ0) is 19.3. The highest BCUT2D eigenvalue weighted by Gasteiger charge is 2.12. The van der Waals surface area contributed by atoms with Crippen LogP contribution in [0.15, 0.2) is 46.9 Å². The molecule has 0 heterocycles. The molecule has 0 saturated carbocycles. The number of amides is 2. The maximum absolute atomic E-state index is 13.8. The lowest BCUT2D eigenvalue weighted by Gasteiger charge is -2.09. The zero-order valence-electron chi connectivity index (χ0n) is 13.5. The van der Waals surface area contributed by atoms with Crippen LogP contribution in [0, 0.1) is 5.82 Å².